The number of nitrogens with one attached hydrogen (secondary N) is 1. The zero-order chi connectivity index (χ0) is 18.1. The van der Waals surface area contributed by atoms with Gasteiger partial charge in [0.05, 0.1) is 5.41 Å². The highest BCUT2D eigenvalue weighted by Crippen LogP contribution is 2.50. The summed E-state index contributed by atoms with van der Waals surface area (Å²) in [6.07, 6.45) is 4.29. The predicted octanol–water partition coefficient (Wildman–Crippen LogP) is 2.66. The second kappa shape index (κ2) is 6.48. The zero-order valence-electron chi connectivity index (χ0n) is 14.7. The number of benzene rings is 1. The molecule has 2 aliphatic rings. The van der Waals surface area contributed by atoms with Crippen LogP contribution < -0.4 is 0 Å². The Bertz CT molecular complexity index is 815. The van der Waals surface area contributed by atoms with E-state index < -0.39 is 5.41 Å². The van der Waals surface area contributed by atoms with Crippen molar-refractivity contribution >= 4 is 11.8 Å². The molecule has 5 nitrogen and oxygen atoms in total. The third-order valence-corrected chi connectivity index (χ3v) is 5.75. The van der Waals surface area contributed by atoms with Crippen LogP contribution in [0.3, 0.4) is 0 Å². The summed E-state index contributed by atoms with van der Waals surface area (Å²) in [7, 11) is 0. The monoisotopic (exact) mass is 349 g/mol. The van der Waals surface area contributed by atoms with Gasteiger partial charge in [-0.2, -0.15) is 0 Å². The van der Waals surface area contributed by atoms with Crippen LogP contribution in [-0.4, -0.2) is 52.8 Å². The van der Waals surface area contributed by atoms with Gasteiger partial charge in [-0.1, -0.05) is 36.4 Å². The highest BCUT2D eigenvalue weighted by molar-refractivity contribution is 5.94. The van der Waals surface area contributed by atoms with Gasteiger partial charge in [0.1, 0.15) is 5.69 Å². The minimum absolute atomic E-state index is 0.0185. The smallest absolute Gasteiger partial charge is 0.270 e. The average molecular weight is 349 g/mol. The van der Waals surface area contributed by atoms with Crippen molar-refractivity contribution in [3.8, 4) is 0 Å². The SMILES string of the molecule is C=CCN1CC[C@]2(CN(C(=O)c3ccc[nH]3)C[C@H]2c2ccccc2)C1=O. The maximum atomic E-state index is 13.3. The van der Waals surface area contributed by atoms with Crippen molar-refractivity contribution < 1.29 is 9.59 Å². The number of H-pyrrole nitrogens is 1. The Balaban J connectivity index is 1.69. The van der Waals surface area contributed by atoms with E-state index in [9.17, 15) is 9.59 Å². The van der Waals surface area contributed by atoms with Crippen molar-refractivity contribution in [3.05, 3.63) is 72.6 Å². The molecule has 2 fully saturated rings. The largest absolute Gasteiger partial charge is 0.357 e. The summed E-state index contributed by atoms with van der Waals surface area (Å²) in [5.74, 6) is 0.126. The third kappa shape index (κ3) is 2.55. The lowest BCUT2D eigenvalue weighted by molar-refractivity contribution is -0.135. The molecular formula is C21H23N3O2. The highest BCUT2D eigenvalue weighted by atomic mass is 16.2. The van der Waals surface area contributed by atoms with Crippen molar-refractivity contribution in [2.45, 2.75) is 12.3 Å². The zero-order valence-corrected chi connectivity index (χ0v) is 14.7. The van der Waals surface area contributed by atoms with Gasteiger partial charge in [0.2, 0.25) is 5.91 Å². The molecule has 2 aromatic rings. The fraction of sp³-hybridized carbons (Fsp3) is 0.333. The minimum Gasteiger partial charge on any atom is -0.357 e. The van der Waals surface area contributed by atoms with Gasteiger partial charge in [-0.3, -0.25) is 9.59 Å². The lowest BCUT2D eigenvalue weighted by atomic mass is 9.73. The molecule has 1 N–H and O–H groups in total. The summed E-state index contributed by atoms with van der Waals surface area (Å²) >= 11 is 0. The fourth-order valence-electron chi connectivity index (χ4n) is 4.47. The lowest BCUT2D eigenvalue weighted by Crippen LogP contribution is -2.40. The molecule has 5 heteroatoms. The van der Waals surface area contributed by atoms with Crippen molar-refractivity contribution in [2.24, 2.45) is 5.41 Å². The normalized spacial score (nSPS) is 25.2. The van der Waals surface area contributed by atoms with E-state index in [1.165, 1.54) is 0 Å². The van der Waals surface area contributed by atoms with E-state index in [4.69, 9.17) is 0 Å². The molecule has 2 atom stereocenters. The Labute approximate surface area is 153 Å². The van der Waals surface area contributed by atoms with Crippen LogP contribution in [0.5, 0.6) is 0 Å². The topological polar surface area (TPSA) is 56.4 Å². The molecule has 2 saturated heterocycles. The number of rotatable bonds is 4. The minimum atomic E-state index is -0.535. The van der Waals surface area contributed by atoms with E-state index in [0.29, 0.717) is 25.3 Å². The number of nitrogens with zero attached hydrogens (tertiary/aromatic N) is 2. The Hall–Kier alpha value is -2.82. The van der Waals surface area contributed by atoms with Crippen molar-refractivity contribution in [3.63, 3.8) is 0 Å². The molecule has 0 aliphatic carbocycles. The number of aromatic nitrogens is 1. The molecule has 1 spiro atoms. The second-order valence-electron chi connectivity index (χ2n) is 7.18. The average Bonchev–Trinajstić information content (AvgIpc) is 3.39. The molecule has 2 aliphatic heterocycles. The van der Waals surface area contributed by atoms with Gasteiger partial charge in [0, 0.05) is 38.3 Å². The highest BCUT2D eigenvalue weighted by Gasteiger charge is 2.57. The first-order valence-electron chi connectivity index (χ1n) is 9.03. The van der Waals surface area contributed by atoms with E-state index >= 15 is 0 Å². The second-order valence-corrected chi connectivity index (χ2v) is 7.18. The molecule has 134 valence electrons. The summed E-state index contributed by atoms with van der Waals surface area (Å²) in [6, 6.07) is 13.7. The maximum absolute atomic E-state index is 13.3. The van der Waals surface area contributed by atoms with Crippen LogP contribution in [0, 0.1) is 5.41 Å². The van der Waals surface area contributed by atoms with E-state index in [0.717, 1.165) is 18.5 Å². The van der Waals surface area contributed by atoms with Crippen molar-refractivity contribution in [1.29, 1.82) is 0 Å². The molecule has 1 aromatic heterocycles. The van der Waals surface area contributed by atoms with Crippen LogP contribution >= 0.6 is 0 Å². The summed E-state index contributed by atoms with van der Waals surface area (Å²) < 4.78 is 0. The summed E-state index contributed by atoms with van der Waals surface area (Å²) in [6.45, 7) is 6.08. The van der Waals surface area contributed by atoms with Gasteiger partial charge in [0.15, 0.2) is 0 Å². The van der Waals surface area contributed by atoms with E-state index in [1.54, 1.807) is 18.3 Å². The van der Waals surface area contributed by atoms with Crippen LogP contribution in [0.15, 0.2) is 61.3 Å². The van der Waals surface area contributed by atoms with E-state index in [1.807, 2.05) is 34.1 Å². The Morgan fingerprint density at radius 3 is 2.77 bits per heavy atom. The lowest BCUT2D eigenvalue weighted by Gasteiger charge is -2.28. The van der Waals surface area contributed by atoms with Gasteiger partial charge in [-0.25, -0.2) is 0 Å². The molecule has 0 bridgehead atoms. The molecule has 4 rings (SSSR count). The van der Waals surface area contributed by atoms with Crippen molar-refractivity contribution in [2.75, 3.05) is 26.2 Å². The van der Waals surface area contributed by atoms with Crippen LogP contribution in [0.2, 0.25) is 0 Å². The molecular weight excluding hydrogens is 326 g/mol. The van der Waals surface area contributed by atoms with Gasteiger partial charge >= 0.3 is 0 Å². The first kappa shape index (κ1) is 16.6. The van der Waals surface area contributed by atoms with Gasteiger partial charge in [-0.05, 0) is 24.1 Å². The van der Waals surface area contributed by atoms with Crippen LogP contribution in [0.4, 0.5) is 0 Å². The molecule has 26 heavy (non-hydrogen) atoms. The molecule has 0 radical (unpaired) electrons. The molecule has 0 unspecified atom stereocenters. The maximum Gasteiger partial charge on any atom is 0.270 e. The van der Waals surface area contributed by atoms with Crippen molar-refractivity contribution in [1.82, 2.24) is 14.8 Å². The quantitative estimate of drug-likeness (QED) is 0.863. The molecule has 0 saturated carbocycles. The number of aromatic amines is 1. The van der Waals surface area contributed by atoms with Crippen LogP contribution in [0.1, 0.15) is 28.4 Å². The Kier molecular flexibility index (Phi) is 4.15. The number of carbonyl (C=O) groups is 2. The first-order valence-corrected chi connectivity index (χ1v) is 9.03. The third-order valence-electron chi connectivity index (χ3n) is 5.75. The van der Waals surface area contributed by atoms with Crippen LogP contribution in [-0.2, 0) is 4.79 Å². The van der Waals surface area contributed by atoms with Gasteiger partial charge in [-0.15, -0.1) is 6.58 Å². The predicted molar refractivity (Wildman–Crippen MR) is 99.7 cm³/mol. The Morgan fingerprint density at radius 1 is 1.27 bits per heavy atom. The van der Waals surface area contributed by atoms with E-state index in [2.05, 4.69) is 23.7 Å². The number of hydrogen-bond acceptors (Lipinski definition) is 2. The standard InChI is InChI=1S/C21H23N3O2/c1-2-12-23-13-10-21(20(23)26)15-24(19(25)18-9-6-11-22-18)14-17(21)16-7-4-3-5-8-16/h2-9,11,17,22H,1,10,12-15H2/t17-,21+/m0/s1. The first-order chi connectivity index (χ1) is 12.7. The summed E-state index contributed by atoms with van der Waals surface area (Å²) in [4.78, 5) is 32.9. The summed E-state index contributed by atoms with van der Waals surface area (Å²) in [5, 5.41) is 0. The number of carbonyl (C=O) groups excluding carboxylic acids is 2. The number of amides is 2. The van der Waals surface area contributed by atoms with Gasteiger partial charge in [0.25, 0.3) is 5.91 Å². The molecule has 3 heterocycles. The fourth-order valence-corrected chi connectivity index (χ4v) is 4.47. The summed E-state index contributed by atoms with van der Waals surface area (Å²) in [5.41, 5.74) is 1.16. The van der Waals surface area contributed by atoms with Crippen LogP contribution in [0.25, 0.3) is 0 Å². The molecule has 2 amide bonds. The number of likely N-dealkylation sites (tertiary alicyclic amines) is 2. The number of hydrogen-bond donors (Lipinski definition) is 1. The van der Waals surface area contributed by atoms with Gasteiger partial charge < -0.3 is 14.8 Å². The Morgan fingerprint density at radius 2 is 2.08 bits per heavy atom. The van der Waals surface area contributed by atoms with E-state index in [-0.39, 0.29) is 17.7 Å². The molecule has 1 aromatic carbocycles.